The van der Waals surface area contributed by atoms with Crippen molar-refractivity contribution < 1.29 is 0 Å². The molecule has 0 amide bonds. The lowest BCUT2D eigenvalue weighted by atomic mass is 10.3. The molecule has 0 atom stereocenters. The highest BCUT2D eigenvalue weighted by atomic mass is 32.1. The van der Waals surface area contributed by atoms with E-state index in [2.05, 4.69) is 32.6 Å². The Balaban J connectivity index is 1.76. The first-order chi connectivity index (χ1) is 9.65. The highest BCUT2D eigenvalue weighted by molar-refractivity contribution is 7.71. The number of hydrogen-bond donors (Lipinski definition) is 1. The standard InChI is InChI=1S/C14H17N5S/c1-10-9-11(2)19(17-10)8-4-7-18-13-12(16-14(18)20)5-3-6-15-13/h3,5-6,9H,4,7-8H2,1-2H3,(H,16,20). The van der Waals surface area contributed by atoms with E-state index in [1.807, 2.05) is 23.7 Å². The number of H-pyrrole nitrogens is 1. The summed E-state index contributed by atoms with van der Waals surface area (Å²) in [7, 11) is 0. The maximum Gasteiger partial charge on any atom is 0.179 e. The van der Waals surface area contributed by atoms with Crippen LogP contribution in [0, 0.1) is 18.6 Å². The van der Waals surface area contributed by atoms with Crippen LogP contribution in [0.15, 0.2) is 24.4 Å². The van der Waals surface area contributed by atoms with Crippen molar-refractivity contribution in [2.45, 2.75) is 33.4 Å². The van der Waals surface area contributed by atoms with Gasteiger partial charge in [0, 0.05) is 25.0 Å². The zero-order valence-corrected chi connectivity index (χ0v) is 12.4. The summed E-state index contributed by atoms with van der Waals surface area (Å²) in [6.45, 7) is 5.83. The Labute approximate surface area is 122 Å². The molecule has 0 radical (unpaired) electrons. The molecule has 0 saturated carbocycles. The van der Waals surface area contributed by atoms with Gasteiger partial charge in [-0.15, -0.1) is 0 Å². The molecule has 3 aromatic heterocycles. The molecule has 20 heavy (non-hydrogen) atoms. The first-order valence-electron chi connectivity index (χ1n) is 6.70. The number of pyridine rings is 1. The Bertz CT molecular complexity index is 795. The van der Waals surface area contributed by atoms with Crippen LogP contribution < -0.4 is 0 Å². The Kier molecular flexibility index (Phi) is 3.40. The van der Waals surface area contributed by atoms with Gasteiger partial charge in [-0.3, -0.25) is 4.68 Å². The van der Waals surface area contributed by atoms with Crippen molar-refractivity contribution >= 4 is 23.4 Å². The van der Waals surface area contributed by atoms with Gasteiger partial charge in [0.1, 0.15) is 0 Å². The van der Waals surface area contributed by atoms with Crippen LogP contribution in [0.5, 0.6) is 0 Å². The van der Waals surface area contributed by atoms with Gasteiger partial charge < -0.3 is 9.55 Å². The van der Waals surface area contributed by atoms with Crippen molar-refractivity contribution in [1.82, 2.24) is 24.3 Å². The minimum absolute atomic E-state index is 0.729. The molecule has 3 rings (SSSR count). The molecular formula is C14H17N5S. The molecular weight excluding hydrogens is 270 g/mol. The average Bonchev–Trinajstić information content (AvgIpc) is 2.90. The normalized spacial score (nSPS) is 11.3. The SMILES string of the molecule is Cc1cc(C)n(CCCn2c(=S)[nH]c3cccnc32)n1. The zero-order chi connectivity index (χ0) is 14.1. The van der Waals surface area contributed by atoms with Gasteiger partial charge >= 0.3 is 0 Å². The predicted molar refractivity (Wildman–Crippen MR) is 81.2 cm³/mol. The van der Waals surface area contributed by atoms with Crippen LogP contribution in [0.4, 0.5) is 0 Å². The summed E-state index contributed by atoms with van der Waals surface area (Å²) in [5, 5.41) is 4.47. The predicted octanol–water partition coefficient (Wildman–Crippen LogP) is 3.00. The fourth-order valence-electron chi connectivity index (χ4n) is 2.48. The number of aromatic nitrogens is 5. The fourth-order valence-corrected chi connectivity index (χ4v) is 2.76. The van der Waals surface area contributed by atoms with E-state index in [4.69, 9.17) is 12.2 Å². The minimum atomic E-state index is 0.729. The molecule has 0 bridgehead atoms. The summed E-state index contributed by atoms with van der Waals surface area (Å²) >= 11 is 5.36. The lowest BCUT2D eigenvalue weighted by molar-refractivity contribution is 0.518. The zero-order valence-electron chi connectivity index (χ0n) is 11.6. The number of hydrogen-bond acceptors (Lipinski definition) is 3. The monoisotopic (exact) mass is 287 g/mol. The van der Waals surface area contributed by atoms with Crippen molar-refractivity contribution in [2.24, 2.45) is 0 Å². The van der Waals surface area contributed by atoms with Crippen molar-refractivity contribution in [1.29, 1.82) is 0 Å². The molecule has 3 heterocycles. The van der Waals surface area contributed by atoms with Crippen LogP contribution in [-0.2, 0) is 13.1 Å². The molecule has 1 N–H and O–H groups in total. The Hall–Kier alpha value is -1.95. The number of aryl methyl sites for hydroxylation is 4. The molecule has 6 heteroatoms. The highest BCUT2D eigenvalue weighted by Crippen LogP contribution is 2.12. The van der Waals surface area contributed by atoms with E-state index < -0.39 is 0 Å². The fraction of sp³-hybridized carbons (Fsp3) is 0.357. The van der Waals surface area contributed by atoms with Crippen LogP contribution in [0.25, 0.3) is 11.2 Å². The molecule has 5 nitrogen and oxygen atoms in total. The summed E-state index contributed by atoms with van der Waals surface area (Å²) in [6, 6.07) is 6.00. The van der Waals surface area contributed by atoms with Crippen LogP contribution in [0.3, 0.4) is 0 Å². The first kappa shape index (κ1) is 13.1. The summed E-state index contributed by atoms with van der Waals surface area (Å²) in [5.74, 6) is 0. The van der Waals surface area contributed by atoms with E-state index in [1.165, 1.54) is 5.69 Å². The van der Waals surface area contributed by atoms with Crippen LogP contribution >= 0.6 is 12.2 Å². The molecule has 0 spiro atoms. The number of nitrogens with one attached hydrogen (secondary N) is 1. The second-order valence-electron chi connectivity index (χ2n) is 4.96. The number of aromatic amines is 1. The van der Waals surface area contributed by atoms with Crippen molar-refractivity contribution in [3.63, 3.8) is 0 Å². The highest BCUT2D eigenvalue weighted by Gasteiger charge is 2.05. The number of nitrogens with zero attached hydrogens (tertiary/aromatic N) is 4. The van der Waals surface area contributed by atoms with Gasteiger partial charge in [-0.1, -0.05) is 0 Å². The number of fused-ring (bicyclic) bond motifs is 1. The largest absolute Gasteiger partial charge is 0.329 e. The van der Waals surface area contributed by atoms with E-state index in [9.17, 15) is 0 Å². The maximum atomic E-state index is 5.36. The Morgan fingerprint density at radius 3 is 2.90 bits per heavy atom. The lowest BCUT2D eigenvalue weighted by Gasteiger charge is -2.06. The molecule has 0 aliphatic carbocycles. The Morgan fingerprint density at radius 2 is 2.15 bits per heavy atom. The molecule has 3 aromatic rings. The van der Waals surface area contributed by atoms with Crippen molar-refractivity contribution in [3.05, 3.63) is 40.6 Å². The van der Waals surface area contributed by atoms with Crippen LogP contribution in [0.2, 0.25) is 0 Å². The van der Waals surface area contributed by atoms with Gasteiger partial charge in [-0.05, 0) is 50.7 Å². The van der Waals surface area contributed by atoms with Gasteiger partial charge in [-0.2, -0.15) is 5.10 Å². The maximum absolute atomic E-state index is 5.36. The van der Waals surface area contributed by atoms with Crippen LogP contribution in [-0.4, -0.2) is 24.3 Å². The third-order valence-electron chi connectivity index (χ3n) is 3.38. The first-order valence-corrected chi connectivity index (χ1v) is 7.10. The van der Waals surface area contributed by atoms with Gasteiger partial charge in [0.2, 0.25) is 0 Å². The van der Waals surface area contributed by atoms with Crippen LogP contribution in [0.1, 0.15) is 17.8 Å². The van der Waals surface area contributed by atoms with Crippen molar-refractivity contribution in [2.75, 3.05) is 0 Å². The number of rotatable bonds is 4. The topological polar surface area (TPSA) is 51.4 Å². The number of imidazole rings is 1. The van der Waals surface area contributed by atoms with Gasteiger partial charge in [-0.25, -0.2) is 4.98 Å². The third kappa shape index (κ3) is 2.38. The van der Waals surface area contributed by atoms with Gasteiger partial charge in [0.05, 0.1) is 11.2 Å². The van der Waals surface area contributed by atoms with E-state index in [0.717, 1.165) is 41.1 Å². The van der Waals surface area contributed by atoms with Gasteiger partial charge in [0.25, 0.3) is 0 Å². The quantitative estimate of drug-likeness (QED) is 0.750. The lowest BCUT2D eigenvalue weighted by Crippen LogP contribution is -2.07. The second kappa shape index (κ2) is 5.20. The second-order valence-corrected chi connectivity index (χ2v) is 5.35. The van der Waals surface area contributed by atoms with E-state index in [1.54, 1.807) is 6.20 Å². The minimum Gasteiger partial charge on any atom is -0.329 e. The molecule has 0 saturated heterocycles. The molecule has 0 aliphatic heterocycles. The molecule has 104 valence electrons. The van der Waals surface area contributed by atoms with E-state index in [0.29, 0.717) is 0 Å². The molecule has 0 fully saturated rings. The Morgan fingerprint density at radius 1 is 1.30 bits per heavy atom. The summed E-state index contributed by atoms with van der Waals surface area (Å²) in [5.41, 5.74) is 4.17. The summed E-state index contributed by atoms with van der Waals surface area (Å²) < 4.78 is 4.82. The molecule has 0 unspecified atom stereocenters. The molecule has 0 aliphatic rings. The smallest absolute Gasteiger partial charge is 0.179 e. The van der Waals surface area contributed by atoms with Gasteiger partial charge in [0.15, 0.2) is 10.4 Å². The van der Waals surface area contributed by atoms with E-state index >= 15 is 0 Å². The molecule has 0 aromatic carbocycles. The van der Waals surface area contributed by atoms with Crippen molar-refractivity contribution in [3.8, 4) is 0 Å². The average molecular weight is 287 g/mol. The third-order valence-corrected chi connectivity index (χ3v) is 3.71. The summed E-state index contributed by atoms with van der Waals surface area (Å²) in [4.78, 5) is 7.58. The van der Waals surface area contributed by atoms with E-state index in [-0.39, 0.29) is 0 Å². The summed E-state index contributed by atoms with van der Waals surface area (Å²) in [6.07, 6.45) is 2.77.